The van der Waals surface area contributed by atoms with E-state index in [0.717, 1.165) is 0 Å². The number of carbonyl (C=O) groups is 1. The van der Waals surface area contributed by atoms with E-state index in [1.807, 2.05) is 0 Å². The highest BCUT2D eigenvalue weighted by Crippen LogP contribution is 2.37. The number of aromatic amines is 1. The van der Waals surface area contributed by atoms with Crippen molar-refractivity contribution in [1.29, 1.82) is 0 Å². The Morgan fingerprint density at radius 2 is 2.26 bits per heavy atom. The number of ether oxygens (including phenoxy) is 2. The average Bonchev–Trinajstić information content (AvgIpc) is 3.03. The highest BCUT2D eigenvalue weighted by molar-refractivity contribution is 6.32. The van der Waals surface area contributed by atoms with Crippen LogP contribution in [0.3, 0.4) is 0 Å². The van der Waals surface area contributed by atoms with Gasteiger partial charge in [0.15, 0.2) is 11.5 Å². The van der Waals surface area contributed by atoms with Gasteiger partial charge in [-0.25, -0.2) is 5.43 Å². The van der Waals surface area contributed by atoms with Crippen LogP contribution in [0.1, 0.15) is 16.1 Å². The highest BCUT2D eigenvalue weighted by Gasteiger charge is 2.15. The van der Waals surface area contributed by atoms with Gasteiger partial charge in [0.05, 0.1) is 18.3 Å². The number of nitrogens with zero attached hydrogens (tertiary/aromatic N) is 1. The van der Waals surface area contributed by atoms with Crippen LogP contribution in [0.2, 0.25) is 5.02 Å². The summed E-state index contributed by atoms with van der Waals surface area (Å²) in [5.41, 5.74) is 3.08. The van der Waals surface area contributed by atoms with Gasteiger partial charge in [0.25, 0.3) is 5.91 Å². The molecule has 122 valence electrons. The number of aromatic nitrogens is 1. The summed E-state index contributed by atoms with van der Waals surface area (Å²) in [7, 11) is 1.29. The number of methoxy groups -OCH3 is 1. The Bertz CT molecular complexity index is 706. The number of rotatable bonds is 6. The van der Waals surface area contributed by atoms with E-state index in [-0.39, 0.29) is 16.5 Å². The van der Waals surface area contributed by atoms with Crippen molar-refractivity contribution in [1.82, 2.24) is 10.4 Å². The Kier molecular flexibility index (Phi) is 5.53. The predicted octanol–water partition coefficient (Wildman–Crippen LogP) is 3.04. The van der Waals surface area contributed by atoms with Crippen molar-refractivity contribution in [3.8, 4) is 11.5 Å². The molecule has 0 saturated heterocycles. The first-order valence-corrected chi connectivity index (χ1v) is 6.68. The van der Waals surface area contributed by atoms with E-state index in [1.54, 1.807) is 18.3 Å². The molecule has 2 N–H and O–H groups in total. The Balaban J connectivity index is 2.12. The third-order valence-electron chi connectivity index (χ3n) is 2.68. The van der Waals surface area contributed by atoms with E-state index in [1.165, 1.54) is 25.5 Å². The molecule has 0 spiro atoms. The maximum atomic E-state index is 12.3. The molecule has 2 aromatic rings. The fraction of sp³-hybridized carbons (Fsp3) is 0.143. The van der Waals surface area contributed by atoms with Crippen LogP contribution >= 0.6 is 11.6 Å². The minimum Gasteiger partial charge on any atom is -0.493 e. The molecule has 2 rings (SSSR count). The molecule has 0 radical (unpaired) electrons. The Morgan fingerprint density at radius 3 is 2.87 bits per heavy atom. The number of amides is 1. The number of benzene rings is 1. The van der Waals surface area contributed by atoms with E-state index in [2.05, 4.69) is 20.2 Å². The quantitative estimate of drug-likeness (QED) is 0.625. The van der Waals surface area contributed by atoms with E-state index < -0.39 is 12.5 Å². The van der Waals surface area contributed by atoms with Crippen molar-refractivity contribution in [3.05, 3.63) is 46.7 Å². The van der Waals surface area contributed by atoms with Gasteiger partial charge in [-0.15, -0.1) is 0 Å². The minimum absolute atomic E-state index is 0.0231. The van der Waals surface area contributed by atoms with Gasteiger partial charge in [-0.2, -0.15) is 13.9 Å². The summed E-state index contributed by atoms with van der Waals surface area (Å²) in [6.45, 7) is -3.03. The molecule has 1 aromatic carbocycles. The lowest BCUT2D eigenvalue weighted by molar-refractivity contribution is -0.0511. The Hall–Kier alpha value is -2.61. The topological polar surface area (TPSA) is 75.7 Å². The molecular formula is C14H12ClF2N3O3. The average molecular weight is 344 g/mol. The molecular weight excluding hydrogens is 332 g/mol. The molecule has 1 heterocycles. The van der Waals surface area contributed by atoms with Crippen LogP contribution in [0.4, 0.5) is 8.78 Å². The van der Waals surface area contributed by atoms with Gasteiger partial charge >= 0.3 is 6.61 Å². The molecule has 0 aliphatic heterocycles. The molecule has 0 bridgehead atoms. The summed E-state index contributed by atoms with van der Waals surface area (Å²) in [4.78, 5) is 14.4. The fourth-order valence-electron chi connectivity index (χ4n) is 1.72. The maximum Gasteiger partial charge on any atom is 0.387 e. The molecule has 0 fully saturated rings. The second kappa shape index (κ2) is 7.59. The lowest BCUT2D eigenvalue weighted by Gasteiger charge is -2.12. The lowest BCUT2D eigenvalue weighted by Crippen LogP contribution is -2.17. The van der Waals surface area contributed by atoms with Crippen LogP contribution in [-0.2, 0) is 0 Å². The molecule has 0 atom stereocenters. The molecule has 0 unspecified atom stereocenters. The molecule has 9 heteroatoms. The zero-order valence-electron chi connectivity index (χ0n) is 11.8. The number of nitrogens with one attached hydrogen (secondary N) is 2. The number of hydrogen-bond acceptors (Lipinski definition) is 4. The fourth-order valence-corrected chi connectivity index (χ4v) is 1.98. The van der Waals surface area contributed by atoms with Crippen LogP contribution in [0.25, 0.3) is 0 Å². The van der Waals surface area contributed by atoms with Crippen LogP contribution in [-0.4, -0.2) is 30.8 Å². The molecule has 1 amide bonds. The van der Waals surface area contributed by atoms with Gasteiger partial charge in [0.2, 0.25) is 0 Å². The number of halogens is 3. The second-order valence-corrected chi connectivity index (χ2v) is 4.60. The zero-order valence-corrected chi connectivity index (χ0v) is 12.6. The van der Waals surface area contributed by atoms with Gasteiger partial charge in [0.1, 0.15) is 5.69 Å². The summed E-state index contributed by atoms with van der Waals surface area (Å²) >= 11 is 5.89. The first-order chi connectivity index (χ1) is 11.0. The molecule has 6 nitrogen and oxygen atoms in total. The summed E-state index contributed by atoms with van der Waals surface area (Å²) in [6.07, 6.45) is 2.90. The Morgan fingerprint density at radius 1 is 1.48 bits per heavy atom. The van der Waals surface area contributed by atoms with E-state index in [9.17, 15) is 13.6 Å². The van der Waals surface area contributed by atoms with E-state index in [4.69, 9.17) is 16.3 Å². The summed E-state index contributed by atoms with van der Waals surface area (Å²) in [5.74, 6) is -0.673. The van der Waals surface area contributed by atoms with Crippen molar-refractivity contribution < 1.29 is 23.0 Å². The van der Waals surface area contributed by atoms with Crippen LogP contribution in [0.15, 0.2) is 35.6 Å². The van der Waals surface area contributed by atoms with Crippen LogP contribution in [0.5, 0.6) is 11.5 Å². The van der Waals surface area contributed by atoms with Gasteiger partial charge in [0, 0.05) is 6.20 Å². The molecule has 1 aromatic heterocycles. The van der Waals surface area contributed by atoms with Crippen molar-refractivity contribution in [3.63, 3.8) is 0 Å². The van der Waals surface area contributed by atoms with Gasteiger partial charge in [-0.05, 0) is 29.8 Å². The first kappa shape index (κ1) is 16.8. The third-order valence-corrected chi connectivity index (χ3v) is 2.96. The van der Waals surface area contributed by atoms with E-state index >= 15 is 0 Å². The van der Waals surface area contributed by atoms with E-state index in [0.29, 0.717) is 11.3 Å². The number of hydrazone groups is 1. The molecule has 0 aliphatic carbocycles. The predicted molar refractivity (Wildman–Crippen MR) is 80.5 cm³/mol. The minimum atomic E-state index is -3.03. The molecule has 0 saturated carbocycles. The monoisotopic (exact) mass is 343 g/mol. The SMILES string of the molecule is COc1cc(/C=N\NC(=O)c2ccc[nH]2)cc(Cl)c1OC(F)F. The summed E-state index contributed by atoms with van der Waals surface area (Å²) < 4.78 is 33.9. The van der Waals surface area contributed by atoms with Crippen LogP contribution < -0.4 is 14.9 Å². The second-order valence-electron chi connectivity index (χ2n) is 4.20. The van der Waals surface area contributed by atoms with Gasteiger partial charge < -0.3 is 14.5 Å². The summed E-state index contributed by atoms with van der Waals surface area (Å²) in [5, 5.41) is 3.69. The smallest absolute Gasteiger partial charge is 0.387 e. The maximum absolute atomic E-state index is 12.3. The number of H-pyrrole nitrogens is 1. The van der Waals surface area contributed by atoms with Gasteiger partial charge in [-0.1, -0.05) is 11.6 Å². The lowest BCUT2D eigenvalue weighted by atomic mass is 10.2. The van der Waals surface area contributed by atoms with Crippen molar-refractivity contribution in [2.24, 2.45) is 5.10 Å². The van der Waals surface area contributed by atoms with Crippen molar-refractivity contribution in [2.75, 3.05) is 7.11 Å². The van der Waals surface area contributed by atoms with Crippen molar-refractivity contribution in [2.45, 2.75) is 6.61 Å². The third kappa shape index (κ3) is 4.43. The largest absolute Gasteiger partial charge is 0.493 e. The van der Waals surface area contributed by atoms with Crippen LogP contribution in [0, 0.1) is 0 Å². The first-order valence-electron chi connectivity index (χ1n) is 6.30. The van der Waals surface area contributed by atoms with Gasteiger partial charge in [-0.3, -0.25) is 4.79 Å². The standard InChI is InChI=1S/C14H12ClF2N3O3/c1-22-11-6-8(5-9(15)12(11)23-14(16)17)7-19-20-13(21)10-3-2-4-18-10/h2-7,14,18H,1H3,(H,20,21)/b19-7-. The molecule has 23 heavy (non-hydrogen) atoms. The van der Waals surface area contributed by atoms with Crippen molar-refractivity contribution >= 4 is 23.7 Å². The number of alkyl halides is 2. The molecule has 0 aliphatic rings. The zero-order chi connectivity index (χ0) is 16.8. The highest BCUT2D eigenvalue weighted by atomic mass is 35.5. The number of carbonyl (C=O) groups excluding carboxylic acids is 1. The number of hydrogen-bond donors (Lipinski definition) is 2. The summed E-state index contributed by atoms with van der Waals surface area (Å²) in [6, 6.07) is 6.01. The Labute approximate surface area is 135 Å². The normalized spacial score (nSPS) is 11.0.